The molecule has 0 aliphatic carbocycles. The molecule has 1 fully saturated rings. The first-order chi connectivity index (χ1) is 6.84. The second-order valence-electron chi connectivity index (χ2n) is 3.38. The van der Waals surface area contributed by atoms with Crippen LogP contribution in [0.2, 0.25) is 0 Å². The number of pyridine rings is 1. The summed E-state index contributed by atoms with van der Waals surface area (Å²) < 4.78 is 0. The minimum absolute atomic E-state index is 0.310. The van der Waals surface area contributed by atoms with Gasteiger partial charge in [-0.15, -0.1) is 0 Å². The van der Waals surface area contributed by atoms with E-state index in [-0.39, 0.29) is 0 Å². The Morgan fingerprint density at radius 2 is 1.86 bits per heavy atom. The number of hydrogen-bond acceptors (Lipinski definition) is 2. The van der Waals surface area contributed by atoms with Crippen molar-refractivity contribution < 1.29 is 4.79 Å². The largest absolute Gasteiger partial charge is 0.300 e. The van der Waals surface area contributed by atoms with E-state index >= 15 is 0 Å². The molecular weight excluding hydrogens is 194 g/mol. The molecule has 1 aliphatic rings. The van der Waals surface area contributed by atoms with E-state index in [1.165, 1.54) is 5.56 Å². The van der Waals surface area contributed by atoms with E-state index in [1.54, 1.807) is 0 Å². The predicted octanol–water partition coefficient (Wildman–Crippen LogP) is 1.86. The summed E-state index contributed by atoms with van der Waals surface area (Å²) >= 11 is 0. The maximum atomic E-state index is 11.0. The van der Waals surface area contributed by atoms with Crippen LogP contribution in [0.1, 0.15) is 18.4 Å². The van der Waals surface area contributed by atoms with Gasteiger partial charge in [-0.25, -0.2) is 0 Å². The van der Waals surface area contributed by atoms with Gasteiger partial charge in [0.2, 0.25) is 0 Å². The van der Waals surface area contributed by atoms with Gasteiger partial charge in [0.15, 0.2) is 0 Å². The number of nitrogens with zero attached hydrogens (tertiary/aromatic N) is 1. The quantitative estimate of drug-likeness (QED) is 0.658. The molecule has 0 amide bonds. The van der Waals surface area contributed by atoms with Crippen molar-refractivity contribution in [2.75, 3.05) is 11.5 Å². The minimum atomic E-state index is 0.310. The Balaban J connectivity index is 2.08. The molecule has 2 rings (SSSR count). The van der Waals surface area contributed by atoms with Gasteiger partial charge in [0, 0.05) is 25.2 Å². The monoisotopic (exact) mass is 207 g/mol. The lowest BCUT2D eigenvalue weighted by molar-refractivity contribution is -0.118. The number of Topliss-reactive ketones (excluding diaryl/α,β-unsaturated/α-hetero) is 1. The molecule has 0 atom stereocenters. The zero-order valence-corrected chi connectivity index (χ0v) is 8.80. The summed E-state index contributed by atoms with van der Waals surface area (Å²) in [5.41, 5.74) is 1.23. The average Bonchev–Trinajstić information content (AvgIpc) is 2.23. The number of rotatable bonds is 1. The van der Waals surface area contributed by atoms with E-state index in [9.17, 15) is 4.79 Å². The molecule has 0 saturated carbocycles. The Bertz CT molecular complexity index is 347. The molecule has 2 nitrogen and oxygen atoms in total. The Morgan fingerprint density at radius 1 is 1.21 bits per heavy atom. The topological polar surface area (TPSA) is 30.0 Å². The molecule has 2 heterocycles. The number of ketones is 1. The number of hydrogen-bond donors (Lipinski definition) is 0. The summed E-state index contributed by atoms with van der Waals surface area (Å²) in [6.45, 7) is 0. The summed E-state index contributed by atoms with van der Waals surface area (Å²) in [7, 11) is 0.310. The molecule has 3 heteroatoms. The second-order valence-corrected chi connectivity index (χ2v) is 5.51. The summed E-state index contributed by atoms with van der Waals surface area (Å²) in [6, 6.07) is 4.03. The van der Waals surface area contributed by atoms with Crippen LogP contribution in [-0.2, 0) is 4.79 Å². The Morgan fingerprint density at radius 3 is 2.50 bits per heavy atom. The first-order valence-electron chi connectivity index (χ1n) is 4.77. The van der Waals surface area contributed by atoms with E-state index in [0.717, 1.165) is 24.3 Å². The fourth-order valence-electron chi connectivity index (χ4n) is 1.47. The van der Waals surface area contributed by atoms with Gasteiger partial charge in [0.1, 0.15) is 5.78 Å². The van der Waals surface area contributed by atoms with Gasteiger partial charge in [-0.2, -0.15) is 10.5 Å². The molecular formula is C11H13NOS. The summed E-state index contributed by atoms with van der Waals surface area (Å²) in [5.74, 6) is 2.51. The summed E-state index contributed by atoms with van der Waals surface area (Å²) in [5, 5.41) is 2.29. The van der Waals surface area contributed by atoms with E-state index < -0.39 is 0 Å². The third-order valence-corrected chi connectivity index (χ3v) is 4.36. The van der Waals surface area contributed by atoms with E-state index in [0.29, 0.717) is 16.3 Å². The van der Waals surface area contributed by atoms with Crippen molar-refractivity contribution in [2.24, 2.45) is 0 Å². The first-order valence-corrected chi connectivity index (χ1v) is 6.40. The summed E-state index contributed by atoms with van der Waals surface area (Å²) in [6.07, 6.45) is 5.16. The van der Waals surface area contributed by atoms with Gasteiger partial charge in [-0.1, -0.05) is 0 Å². The van der Waals surface area contributed by atoms with Gasteiger partial charge in [0.05, 0.1) is 0 Å². The SMILES string of the molecule is O=C1CCS(=Cc2ccncc2)CC1. The Hall–Kier alpha value is -0.960. The van der Waals surface area contributed by atoms with Crippen LogP contribution in [0.15, 0.2) is 24.5 Å². The van der Waals surface area contributed by atoms with Gasteiger partial charge < -0.3 is 0 Å². The fourth-order valence-corrected chi connectivity index (χ4v) is 3.43. The van der Waals surface area contributed by atoms with Crippen molar-refractivity contribution in [3.05, 3.63) is 30.1 Å². The van der Waals surface area contributed by atoms with Crippen LogP contribution in [0, 0.1) is 0 Å². The zero-order chi connectivity index (χ0) is 9.80. The maximum absolute atomic E-state index is 11.0. The highest BCUT2D eigenvalue weighted by Gasteiger charge is 2.10. The smallest absolute Gasteiger partial charge is 0.134 e. The van der Waals surface area contributed by atoms with Gasteiger partial charge >= 0.3 is 0 Å². The van der Waals surface area contributed by atoms with Crippen molar-refractivity contribution in [3.8, 4) is 0 Å². The Kier molecular flexibility index (Phi) is 3.09. The molecule has 1 aromatic rings. The fraction of sp³-hybridized carbons (Fsp3) is 0.364. The molecule has 0 radical (unpaired) electrons. The first kappa shape index (κ1) is 9.59. The van der Waals surface area contributed by atoms with Crippen molar-refractivity contribution in [2.45, 2.75) is 12.8 Å². The van der Waals surface area contributed by atoms with E-state index in [2.05, 4.69) is 10.4 Å². The molecule has 0 spiro atoms. The van der Waals surface area contributed by atoms with Crippen LogP contribution >= 0.6 is 10.5 Å². The second kappa shape index (κ2) is 4.51. The molecule has 1 aliphatic heterocycles. The van der Waals surface area contributed by atoms with Gasteiger partial charge in [-0.05, 0) is 34.6 Å². The lowest BCUT2D eigenvalue weighted by atomic mass is 10.2. The molecule has 0 N–H and O–H groups in total. The third kappa shape index (κ3) is 2.51. The molecule has 0 unspecified atom stereocenters. The lowest BCUT2D eigenvalue weighted by Gasteiger charge is -2.14. The molecule has 74 valence electrons. The van der Waals surface area contributed by atoms with Crippen molar-refractivity contribution in [1.29, 1.82) is 0 Å². The van der Waals surface area contributed by atoms with Gasteiger partial charge in [-0.3, -0.25) is 9.78 Å². The van der Waals surface area contributed by atoms with Crippen LogP contribution < -0.4 is 0 Å². The molecule has 14 heavy (non-hydrogen) atoms. The molecule has 1 aromatic heterocycles. The van der Waals surface area contributed by atoms with Crippen molar-refractivity contribution in [3.63, 3.8) is 0 Å². The van der Waals surface area contributed by atoms with Crippen LogP contribution in [0.3, 0.4) is 0 Å². The lowest BCUT2D eigenvalue weighted by Crippen LogP contribution is -2.10. The number of aromatic nitrogens is 1. The number of carbonyl (C=O) groups excluding carboxylic acids is 1. The zero-order valence-electron chi connectivity index (χ0n) is 7.98. The highest BCUT2D eigenvalue weighted by molar-refractivity contribution is 8.15. The normalized spacial score (nSPS) is 18.1. The summed E-state index contributed by atoms with van der Waals surface area (Å²) in [4.78, 5) is 15.0. The third-order valence-electron chi connectivity index (χ3n) is 2.30. The highest BCUT2D eigenvalue weighted by atomic mass is 32.2. The van der Waals surface area contributed by atoms with Crippen molar-refractivity contribution >= 4 is 21.6 Å². The van der Waals surface area contributed by atoms with Gasteiger partial charge in [0.25, 0.3) is 0 Å². The maximum Gasteiger partial charge on any atom is 0.134 e. The average molecular weight is 207 g/mol. The molecule has 0 aromatic carbocycles. The molecule has 1 saturated heterocycles. The van der Waals surface area contributed by atoms with E-state index in [4.69, 9.17) is 0 Å². The molecule has 0 bridgehead atoms. The van der Waals surface area contributed by atoms with E-state index in [1.807, 2.05) is 24.5 Å². The van der Waals surface area contributed by atoms with Crippen LogP contribution in [0.5, 0.6) is 0 Å². The van der Waals surface area contributed by atoms with Crippen LogP contribution in [-0.4, -0.2) is 27.6 Å². The van der Waals surface area contributed by atoms with Crippen molar-refractivity contribution in [1.82, 2.24) is 4.98 Å². The van der Waals surface area contributed by atoms with Crippen LogP contribution in [0.25, 0.3) is 0 Å². The standard InChI is InChI=1S/C11H13NOS/c13-11-3-7-14(8-4-11)9-10-1-5-12-6-2-10/h1-2,5-6,9H,3-4,7-8H2. The highest BCUT2D eigenvalue weighted by Crippen LogP contribution is 2.22. The predicted molar refractivity (Wildman–Crippen MR) is 61.0 cm³/mol. The Labute approximate surface area is 86.3 Å². The van der Waals surface area contributed by atoms with Crippen LogP contribution in [0.4, 0.5) is 0 Å². The minimum Gasteiger partial charge on any atom is -0.300 e. The number of carbonyl (C=O) groups is 1.